The highest BCUT2D eigenvalue weighted by molar-refractivity contribution is 6.32. The van der Waals surface area contributed by atoms with E-state index in [0.717, 1.165) is 5.56 Å². The van der Waals surface area contributed by atoms with Crippen molar-refractivity contribution in [2.45, 2.75) is 6.92 Å². The topological polar surface area (TPSA) is 58.0 Å². The quantitative estimate of drug-likeness (QED) is 0.619. The molecule has 0 amide bonds. The van der Waals surface area contributed by atoms with E-state index in [0.29, 0.717) is 17.3 Å². The molecular weight excluding hydrogens is 226 g/mol. The standard InChI is InChI=1S/C10H8ClN5/c1-6-5-8(14-7-3-4-13-16-7)15-10(11)9(6)12-2/h3-5H,1H3,(H2,13,14,15,16). The van der Waals surface area contributed by atoms with Crippen LogP contribution in [0.3, 0.4) is 0 Å². The molecule has 2 heterocycles. The predicted octanol–water partition coefficient (Wildman–Crippen LogP) is 3.06. The van der Waals surface area contributed by atoms with Crippen LogP contribution in [0, 0.1) is 13.5 Å². The van der Waals surface area contributed by atoms with Crippen molar-refractivity contribution in [3.63, 3.8) is 0 Å². The first kappa shape index (κ1) is 10.5. The monoisotopic (exact) mass is 233 g/mol. The number of nitrogens with zero attached hydrogens (tertiary/aromatic N) is 3. The van der Waals surface area contributed by atoms with E-state index in [1.807, 2.05) is 6.92 Å². The summed E-state index contributed by atoms with van der Waals surface area (Å²) in [7, 11) is 0. The van der Waals surface area contributed by atoms with Crippen LogP contribution < -0.4 is 5.32 Å². The fourth-order valence-electron chi connectivity index (χ4n) is 1.29. The number of pyridine rings is 1. The van der Waals surface area contributed by atoms with Crippen molar-refractivity contribution in [3.8, 4) is 0 Å². The van der Waals surface area contributed by atoms with Gasteiger partial charge in [0, 0.05) is 12.3 Å². The summed E-state index contributed by atoms with van der Waals surface area (Å²) in [5.41, 5.74) is 1.17. The predicted molar refractivity (Wildman–Crippen MR) is 62.1 cm³/mol. The Morgan fingerprint density at radius 3 is 2.88 bits per heavy atom. The molecular formula is C10H8ClN5. The number of hydrogen-bond donors (Lipinski definition) is 2. The molecule has 0 aliphatic rings. The molecule has 0 unspecified atom stereocenters. The van der Waals surface area contributed by atoms with E-state index in [4.69, 9.17) is 18.2 Å². The molecule has 0 saturated heterocycles. The zero-order valence-electron chi connectivity index (χ0n) is 8.45. The third kappa shape index (κ3) is 1.97. The molecule has 0 spiro atoms. The zero-order valence-corrected chi connectivity index (χ0v) is 9.21. The first-order valence-corrected chi connectivity index (χ1v) is 4.90. The van der Waals surface area contributed by atoms with Crippen LogP contribution in [0.1, 0.15) is 5.56 Å². The molecule has 2 rings (SSSR count). The van der Waals surface area contributed by atoms with Gasteiger partial charge in [-0.15, -0.1) is 0 Å². The number of aromatic amines is 1. The lowest BCUT2D eigenvalue weighted by Crippen LogP contribution is -1.95. The van der Waals surface area contributed by atoms with Crippen molar-refractivity contribution in [1.29, 1.82) is 0 Å². The maximum atomic E-state index is 6.96. The molecule has 0 atom stereocenters. The Hall–Kier alpha value is -2.06. The molecule has 6 heteroatoms. The van der Waals surface area contributed by atoms with Crippen molar-refractivity contribution >= 4 is 28.9 Å². The lowest BCUT2D eigenvalue weighted by molar-refractivity contribution is 1.09. The summed E-state index contributed by atoms with van der Waals surface area (Å²) in [5.74, 6) is 1.22. The van der Waals surface area contributed by atoms with Crippen molar-refractivity contribution in [2.24, 2.45) is 0 Å². The lowest BCUT2D eigenvalue weighted by Gasteiger charge is -2.05. The molecule has 0 radical (unpaired) electrons. The number of nitrogens with one attached hydrogen (secondary N) is 2. The van der Waals surface area contributed by atoms with E-state index in [1.165, 1.54) is 0 Å². The SMILES string of the molecule is [C-]#[N+]c1c(C)cc(Nc2cc[nH]n2)nc1Cl. The molecule has 2 aromatic rings. The van der Waals surface area contributed by atoms with Crippen molar-refractivity contribution < 1.29 is 0 Å². The fraction of sp³-hybridized carbons (Fsp3) is 0.100. The number of aryl methyl sites for hydroxylation is 1. The second kappa shape index (κ2) is 4.21. The van der Waals surface area contributed by atoms with Gasteiger partial charge in [0.1, 0.15) is 11.0 Å². The average Bonchev–Trinajstić information content (AvgIpc) is 2.70. The van der Waals surface area contributed by atoms with E-state index >= 15 is 0 Å². The summed E-state index contributed by atoms with van der Waals surface area (Å²) < 4.78 is 0. The number of anilines is 2. The smallest absolute Gasteiger partial charge is 0.226 e. The molecule has 0 bridgehead atoms. The third-order valence-electron chi connectivity index (χ3n) is 2.01. The van der Waals surface area contributed by atoms with Crippen LogP contribution >= 0.6 is 11.6 Å². The van der Waals surface area contributed by atoms with Gasteiger partial charge in [-0.25, -0.2) is 9.83 Å². The van der Waals surface area contributed by atoms with Gasteiger partial charge >= 0.3 is 0 Å². The molecule has 0 aromatic carbocycles. The second-order valence-electron chi connectivity index (χ2n) is 3.16. The average molecular weight is 234 g/mol. The van der Waals surface area contributed by atoms with Crippen LogP contribution in [0.25, 0.3) is 4.85 Å². The Kier molecular flexibility index (Phi) is 2.75. The summed E-state index contributed by atoms with van der Waals surface area (Å²) in [5, 5.41) is 9.79. The Labute approximate surface area is 97.3 Å². The Balaban J connectivity index is 2.34. The first-order valence-electron chi connectivity index (χ1n) is 4.52. The lowest BCUT2D eigenvalue weighted by atomic mass is 10.2. The van der Waals surface area contributed by atoms with Gasteiger partial charge in [0.2, 0.25) is 5.69 Å². The molecule has 0 aliphatic carbocycles. The Bertz CT molecular complexity index is 518. The van der Waals surface area contributed by atoms with E-state index in [2.05, 4.69) is 25.3 Å². The fourth-order valence-corrected chi connectivity index (χ4v) is 1.57. The number of halogens is 1. The Morgan fingerprint density at radius 2 is 2.31 bits per heavy atom. The van der Waals surface area contributed by atoms with Crippen LogP contribution in [0.2, 0.25) is 5.15 Å². The van der Waals surface area contributed by atoms with Gasteiger partial charge in [-0.1, -0.05) is 11.6 Å². The number of H-pyrrole nitrogens is 1. The van der Waals surface area contributed by atoms with Crippen molar-refractivity contribution in [1.82, 2.24) is 15.2 Å². The van der Waals surface area contributed by atoms with Crippen LogP contribution in [0.15, 0.2) is 18.3 Å². The molecule has 2 N–H and O–H groups in total. The normalized spacial score (nSPS) is 9.81. The minimum Gasteiger partial charge on any atom is -0.324 e. The Morgan fingerprint density at radius 1 is 1.50 bits per heavy atom. The minimum atomic E-state index is 0.202. The molecule has 80 valence electrons. The first-order chi connectivity index (χ1) is 7.70. The highest BCUT2D eigenvalue weighted by Crippen LogP contribution is 2.29. The van der Waals surface area contributed by atoms with E-state index in [-0.39, 0.29) is 5.15 Å². The van der Waals surface area contributed by atoms with Gasteiger partial charge in [-0.3, -0.25) is 5.10 Å². The van der Waals surface area contributed by atoms with E-state index in [9.17, 15) is 0 Å². The summed E-state index contributed by atoms with van der Waals surface area (Å²) in [6, 6.07) is 3.53. The van der Waals surface area contributed by atoms with Gasteiger partial charge < -0.3 is 5.32 Å². The maximum absolute atomic E-state index is 6.96. The highest BCUT2D eigenvalue weighted by Gasteiger charge is 2.08. The minimum absolute atomic E-state index is 0.202. The number of aromatic nitrogens is 3. The van der Waals surface area contributed by atoms with E-state index < -0.39 is 0 Å². The van der Waals surface area contributed by atoms with Gasteiger partial charge in [0.05, 0.1) is 6.57 Å². The van der Waals surface area contributed by atoms with Gasteiger partial charge in [0.15, 0.2) is 5.82 Å². The van der Waals surface area contributed by atoms with Crippen LogP contribution in [0.5, 0.6) is 0 Å². The largest absolute Gasteiger partial charge is 0.324 e. The van der Waals surface area contributed by atoms with Gasteiger partial charge in [0.25, 0.3) is 0 Å². The summed E-state index contributed by atoms with van der Waals surface area (Å²) in [4.78, 5) is 7.38. The van der Waals surface area contributed by atoms with Crippen molar-refractivity contribution in [3.05, 3.63) is 40.5 Å². The third-order valence-corrected chi connectivity index (χ3v) is 2.27. The molecule has 16 heavy (non-hydrogen) atoms. The molecule has 0 aliphatic heterocycles. The second-order valence-corrected chi connectivity index (χ2v) is 3.52. The molecule has 2 aromatic heterocycles. The highest BCUT2D eigenvalue weighted by atomic mass is 35.5. The van der Waals surface area contributed by atoms with Crippen LogP contribution in [-0.4, -0.2) is 15.2 Å². The van der Waals surface area contributed by atoms with Crippen LogP contribution in [0.4, 0.5) is 17.3 Å². The van der Waals surface area contributed by atoms with Crippen molar-refractivity contribution in [2.75, 3.05) is 5.32 Å². The molecule has 5 nitrogen and oxygen atoms in total. The van der Waals surface area contributed by atoms with Crippen LogP contribution in [-0.2, 0) is 0 Å². The number of hydrogen-bond acceptors (Lipinski definition) is 3. The summed E-state index contributed by atoms with van der Waals surface area (Å²) in [6.45, 7) is 8.77. The molecule has 0 saturated carbocycles. The summed E-state index contributed by atoms with van der Waals surface area (Å²) >= 11 is 5.88. The summed E-state index contributed by atoms with van der Waals surface area (Å²) in [6.07, 6.45) is 1.70. The van der Waals surface area contributed by atoms with E-state index in [1.54, 1.807) is 18.3 Å². The van der Waals surface area contributed by atoms with Gasteiger partial charge in [-0.05, 0) is 18.6 Å². The van der Waals surface area contributed by atoms with Gasteiger partial charge in [-0.2, -0.15) is 5.10 Å². The maximum Gasteiger partial charge on any atom is 0.226 e. The zero-order chi connectivity index (χ0) is 11.5. The number of rotatable bonds is 2. The molecule has 0 fully saturated rings.